The van der Waals surface area contributed by atoms with Crippen LogP contribution < -0.4 is 5.43 Å². The molecule has 0 saturated carbocycles. The van der Waals surface area contributed by atoms with Crippen molar-refractivity contribution in [2.45, 2.75) is 6.54 Å². The molecular formula is C10H11N3O. The Kier molecular flexibility index (Phi) is 2.18. The first-order valence-electron chi connectivity index (χ1n) is 4.38. The molecule has 0 aromatic carbocycles. The summed E-state index contributed by atoms with van der Waals surface area (Å²) in [7, 11) is 1.95. The fourth-order valence-corrected chi connectivity index (χ4v) is 1.26. The first-order chi connectivity index (χ1) is 6.75. The Balaban J connectivity index is 2.23. The minimum atomic E-state index is 0.0288. The quantitative estimate of drug-likeness (QED) is 0.695. The first-order valence-corrected chi connectivity index (χ1v) is 4.38. The van der Waals surface area contributed by atoms with Gasteiger partial charge in [0.2, 0.25) is 0 Å². The molecule has 0 fully saturated rings. The van der Waals surface area contributed by atoms with Crippen LogP contribution in [0.2, 0.25) is 0 Å². The molecule has 2 heterocycles. The van der Waals surface area contributed by atoms with E-state index in [0.717, 1.165) is 5.82 Å². The summed E-state index contributed by atoms with van der Waals surface area (Å²) in [6, 6.07) is 3.09. The number of nitrogens with zero attached hydrogens (tertiary/aromatic N) is 3. The van der Waals surface area contributed by atoms with Crippen LogP contribution >= 0.6 is 0 Å². The van der Waals surface area contributed by atoms with Crippen molar-refractivity contribution in [3.05, 3.63) is 53.0 Å². The monoisotopic (exact) mass is 189 g/mol. The van der Waals surface area contributed by atoms with E-state index in [4.69, 9.17) is 0 Å². The fourth-order valence-electron chi connectivity index (χ4n) is 1.26. The average Bonchev–Trinajstić information content (AvgIpc) is 2.56. The smallest absolute Gasteiger partial charge is 0.181 e. The number of imidazole rings is 1. The van der Waals surface area contributed by atoms with Gasteiger partial charge in [-0.15, -0.1) is 0 Å². The Hall–Kier alpha value is -1.84. The number of pyridine rings is 1. The topological polar surface area (TPSA) is 39.8 Å². The van der Waals surface area contributed by atoms with Crippen LogP contribution in [-0.4, -0.2) is 14.1 Å². The van der Waals surface area contributed by atoms with Gasteiger partial charge < -0.3 is 9.13 Å². The number of aryl methyl sites for hydroxylation is 1. The van der Waals surface area contributed by atoms with Gasteiger partial charge in [0.25, 0.3) is 0 Å². The summed E-state index contributed by atoms with van der Waals surface area (Å²) in [6.07, 6.45) is 7.18. The molecule has 2 aromatic heterocycles. The SMILES string of the molecule is Cn1ccnc1Cn1ccc(=O)cc1. The van der Waals surface area contributed by atoms with Crippen molar-refractivity contribution >= 4 is 0 Å². The normalized spacial score (nSPS) is 10.4. The molecule has 0 aliphatic carbocycles. The van der Waals surface area contributed by atoms with E-state index in [1.54, 1.807) is 30.7 Å². The van der Waals surface area contributed by atoms with Crippen molar-refractivity contribution in [2.75, 3.05) is 0 Å². The van der Waals surface area contributed by atoms with Gasteiger partial charge in [0.05, 0.1) is 6.54 Å². The third-order valence-corrected chi connectivity index (χ3v) is 2.11. The lowest BCUT2D eigenvalue weighted by Crippen LogP contribution is -2.08. The predicted octanol–water partition coefficient (Wildman–Crippen LogP) is 0.630. The second-order valence-electron chi connectivity index (χ2n) is 3.16. The zero-order valence-corrected chi connectivity index (χ0v) is 7.92. The second kappa shape index (κ2) is 3.49. The molecule has 2 aromatic rings. The molecule has 0 bridgehead atoms. The molecule has 0 aliphatic rings. The lowest BCUT2D eigenvalue weighted by atomic mass is 10.4. The van der Waals surface area contributed by atoms with Crippen LogP contribution in [-0.2, 0) is 13.6 Å². The molecule has 2 rings (SSSR count). The summed E-state index contributed by atoms with van der Waals surface area (Å²) < 4.78 is 3.88. The van der Waals surface area contributed by atoms with Crippen LogP contribution in [0.3, 0.4) is 0 Å². The highest BCUT2D eigenvalue weighted by molar-refractivity contribution is 4.98. The number of rotatable bonds is 2. The summed E-state index contributed by atoms with van der Waals surface area (Å²) in [5, 5.41) is 0. The van der Waals surface area contributed by atoms with E-state index in [1.165, 1.54) is 0 Å². The number of aromatic nitrogens is 3. The van der Waals surface area contributed by atoms with E-state index in [1.807, 2.05) is 22.4 Å². The Bertz CT molecular complexity index is 464. The van der Waals surface area contributed by atoms with Crippen LogP contribution in [0.25, 0.3) is 0 Å². The lowest BCUT2D eigenvalue weighted by molar-refractivity contribution is 0.695. The molecule has 0 saturated heterocycles. The van der Waals surface area contributed by atoms with Crippen molar-refractivity contribution in [2.24, 2.45) is 7.05 Å². The minimum Gasteiger partial charge on any atom is -0.346 e. The molecule has 0 atom stereocenters. The summed E-state index contributed by atoms with van der Waals surface area (Å²) in [6.45, 7) is 0.684. The molecule has 4 heteroatoms. The highest BCUT2D eigenvalue weighted by Crippen LogP contribution is 1.97. The van der Waals surface area contributed by atoms with Gasteiger partial charge in [0.15, 0.2) is 5.43 Å². The Morgan fingerprint density at radius 3 is 2.57 bits per heavy atom. The van der Waals surface area contributed by atoms with Crippen molar-refractivity contribution in [1.82, 2.24) is 14.1 Å². The molecule has 0 N–H and O–H groups in total. The van der Waals surface area contributed by atoms with Gasteiger partial charge >= 0.3 is 0 Å². The van der Waals surface area contributed by atoms with Gasteiger partial charge in [-0.1, -0.05) is 0 Å². The van der Waals surface area contributed by atoms with E-state index in [9.17, 15) is 4.79 Å². The molecular weight excluding hydrogens is 178 g/mol. The van der Waals surface area contributed by atoms with Crippen molar-refractivity contribution < 1.29 is 0 Å². The second-order valence-corrected chi connectivity index (χ2v) is 3.16. The van der Waals surface area contributed by atoms with E-state index in [0.29, 0.717) is 6.54 Å². The molecule has 4 nitrogen and oxygen atoms in total. The van der Waals surface area contributed by atoms with Crippen LogP contribution in [0.5, 0.6) is 0 Å². The van der Waals surface area contributed by atoms with Crippen molar-refractivity contribution in [3.63, 3.8) is 0 Å². The highest BCUT2D eigenvalue weighted by atomic mass is 16.1. The number of hydrogen-bond donors (Lipinski definition) is 0. The molecule has 0 spiro atoms. The first kappa shape index (κ1) is 8.74. The average molecular weight is 189 g/mol. The van der Waals surface area contributed by atoms with Crippen molar-refractivity contribution in [1.29, 1.82) is 0 Å². The van der Waals surface area contributed by atoms with E-state index >= 15 is 0 Å². The van der Waals surface area contributed by atoms with E-state index in [2.05, 4.69) is 4.98 Å². The summed E-state index contributed by atoms with van der Waals surface area (Å²) >= 11 is 0. The third kappa shape index (κ3) is 1.74. The zero-order chi connectivity index (χ0) is 9.97. The molecule has 0 amide bonds. The maximum absolute atomic E-state index is 10.9. The third-order valence-electron chi connectivity index (χ3n) is 2.11. The minimum absolute atomic E-state index is 0.0288. The molecule has 0 radical (unpaired) electrons. The van der Waals surface area contributed by atoms with Gasteiger partial charge in [0, 0.05) is 44.0 Å². The van der Waals surface area contributed by atoms with Crippen LogP contribution in [0.15, 0.2) is 41.7 Å². The van der Waals surface area contributed by atoms with Crippen LogP contribution in [0.4, 0.5) is 0 Å². The maximum Gasteiger partial charge on any atom is 0.181 e. The van der Waals surface area contributed by atoms with Gasteiger partial charge in [-0.3, -0.25) is 4.79 Å². The largest absolute Gasteiger partial charge is 0.346 e. The van der Waals surface area contributed by atoms with Gasteiger partial charge in [0.1, 0.15) is 5.82 Å². The molecule has 0 unspecified atom stereocenters. The number of hydrogen-bond acceptors (Lipinski definition) is 2. The fraction of sp³-hybridized carbons (Fsp3) is 0.200. The van der Waals surface area contributed by atoms with Gasteiger partial charge in [-0.05, 0) is 0 Å². The summed E-state index contributed by atoms with van der Waals surface area (Å²) in [5.74, 6) is 0.966. The standard InChI is InChI=1S/C10H11N3O/c1-12-7-4-11-10(12)8-13-5-2-9(14)3-6-13/h2-7H,8H2,1H3. The summed E-state index contributed by atoms with van der Waals surface area (Å²) in [5.41, 5.74) is 0.0288. The zero-order valence-electron chi connectivity index (χ0n) is 7.92. The van der Waals surface area contributed by atoms with Crippen LogP contribution in [0, 0.1) is 0 Å². The Morgan fingerprint density at radius 2 is 2.00 bits per heavy atom. The molecule has 14 heavy (non-hydrogen) atoms. The Labute approximate surface area is 81.4 Å². The van der Waals surface area contributed by atoms with E-state index in [-0.39, 0.29) is 5.43 Å². The molecule has 72 valence electrons. The van der Waals surface area contributed by atoms with Crippen molar-refractivity contribution in [3.8, 4) is 0 Å². The van der Waals surface area contributed by atoms with Crippen LogP contribution in [0.1, 0.15) is 5.82 Å². The molecule has 0 aliphatic heterocycles. The predicted molar refractivity (Wildman–Crippen MR) is 53.0 cm³/mol. The van der Waals surface area contributed by atoms with Gasteiger partial charge in [-0.2, -0.15) is 0 Å². The lowest BCUT2D eigenvalue weighted by Gasteiger charge is -2.04. The highest BCUT2D eigenvalue weighted by Gasteiger charge is 1.98. The maximum atomic E-state index is 10.9. The summed E-state index contributed by atoms with van der Waals surface area (Å²) in [4.78, 5) is 15.1. The van der Waals surface area contributed by atoms with Gasteiger partial charge in [-0.25, -0.2) is 4.98 Å². The Morgan fingerprint density at radius 1 is 1.29 bits per heavy atom. The van der Waals surface area contributed by atoms with E-state index < -0.39 is 0 Å².